The van der Waals surface area contributed by atoms with Gasteiger partial charge in [-0.15, -0.1) is 0 Å². The summed E-state index contributed by atoms with van der Waals surface area (Å²) in [5.74, 6) is -0.575. The Kier molecular flexibility index (Phi) is 5.51. The Morgan fingerprint density at radius 1 is 1.22 bits per heavy atom. The fourth-order valence-electron chi connectivity index (χ4n) is 3.04. The minimum atomic E-state index is -3.88. The SMILES string of the molecule is CC1(C)CC(S(=O)(=O)Cc2noc3cc(Oc4ccc(Cl)cc4Cl)c([N+](=O)[O-])cc23)=NO1. The second-order valence-electron chi connectivity index (χ2n) is 7.65. The van der Waals surface area contributed by atoms with Crippen molar-refractivity contribution in [2.45, 2.75) is 31.6 Å². The van der Waals surface area contributed by atoms with E-state index in [-0.39, 0.29) is 44.6 Å². The van der Waals surface area contributed by atoms with Gasteiger partial charge in [0.25, 0.3) is 0 Å². The van der Waals surface area contributed by atoms with E-state index in [2.05, 4.69) is 10.3 Å². The van der Waals surface area contributed by atoms with E-state index in [9.17, 15) is 18.5 Å². The maximum atomic E-state index is 12.7. The first kappa shape index (κ1) is 22.3. The van der Waals surface area contributed by atoms with Crippen molar-refractivity contribution in [3.8, 4) is 11.5 Å². The molecule has 2 heterocycles. The molecular weight excluding hydrogens is 485 g/mol. The summed E-state index contributed by atoms with van der Waals surface area (Å²) in [5, 5.41) is 19.7. The van der Waals surface area contributed by atoms with Crippen molar-refractivity contribution in [1.82, 2.24) is 5.16 Å². The average molecular weight is 500 g/mol. The van der Waals surface area contributed by atoms with Crippen molar-refractivity contribution in [2.75, 3.05) is 0 Å². The number of nitrogens with zero attached hydrogens (tertiary/aromatic N) is 3. The second-order valence-corrected chi connectivity index (χ2v) is 10.5. The number of sulfone groups is 1. The Balaban J connectivity index is 1.70. The monoisotopic (exact) mass is 499 g/mol. The van der Waals surface area contributed by atoms with E-state index >= 15 is 0 Å². The molecule has 0 fully saturated rings. The number of nitro groups is 1. The third-order valence-corrected chi connectivity index (χ3v) is 6.71. The van der Waals surface area contributed by atoms with Crippen molar-refractivity contribution >= 4 is 54.7 Å². The number of fused-ring (bicyclic) bond motifs is 1. The Morgan fingerprint density at radius 3 is 2.59 bits per heavy atom. The second kappa shape index (κ2) is 7.91. The molecule has 0 unspecified atom stereocenters. The van der Waals surface area contributed by atoms with Crippen LogP contribution in [0.1, 0.15) is 26.0 Å². The molecule has 0 saturated carbocycles. The predicted octanol–water partition coefficient (Wildman–Crippen LogP) is 5.26. The zero-order valence-corrected chi connectivity index (χ0v) is 19.0. The van der Waals surface area contributed by atoms with Crippen LogP contribution in [0, 0.1) is 10.1 Å². The highest BCUT2D eigenvalue weighted by Gasteiger charge is 2.37. The van der Waals surface area contributed by atoms with Gasteiger partial charge in [0.15, 0.2) is 10.6 Å². The third-order valence-electron chi connectivity index (χ3n) is 4.59. The number of hydrogen-bond donors (Lipinski definition) is 0. The summed E-state index contributed by atoms with van der Waals surface area (Å²) in [5.41, 5.74) is -1.05. The smallest absolute Gasteiger partial charge is 0.312 e. The molecular formula is C19H15Cl2N3O7S. The van der Waals surface area contributed by atoms with Crippen LogP contribution >= 0.6 is 23.2 Å². The van der Waals surface area contributed by atoms with Gasteiger partial charge in [-0.3, -0.25) is 10.1 Å². The van der Waals surface area contributed by atoms with Crippen molar-refractivity contribution in [3.63, 3.8) is 0 Å². The van der Waals surface area contributed by atoms with Crippen molar-refractivity contribution in [1.29, 1.82) is 0 Å². The molecule has 168 valence electrons. The molecule has 1 aliphatic rings. The van der Waals surface area contributed by atoms with Crippen LogP contribution in [0.25, 0.3) is 11.0 Å². The van der Waals surface area contributed by atoms with Crippen LogP contribution in [-0.2, 0) is 20.4 Å². The number of benzene rings is 2. The van der Waals surface area contributed by atoms with E-state index < -0.39 is 31.8 Å². The molecule has 4 rings (SSSR count). The van der Waals surface area contributed by atoms with Gasteiger partial charge in [-0.1, -0.05) is 33.5 Å². The van der Waals surface area contributed by atoms with Crippen molar-refractivity contribution in [2.24, 2.45) is 5.16 Å². The van der Waals surface area contributed by atoms with Gasteiger partial charge in [-0.2, -0.15) is 0 Å². The standard InChI is InChI=1S/C19H15Cl2N3O7S/c1-19(2)8-18(23-31-19)32(27,28)9-13-11-6-14(24(25)26)17(7-16(11)30-22-13)29-15-4-3-10(20)5-12(15)21/h3-7H,8-9H2,1-2H3. The summed E-state index contributed by atoms with van der Waals surface area (Å²) in [6, 6.07) is 6.80. The minimum absolute atomic E-state index is 0.00609. The highest BCUT2D eigenvalue weighted by atomic mass is 35.5. The quantitative estimate of drug-likeness (QED) is 0.342. The number of nitro benzene ring substituents is 1. The zero-order chi connectivity index (χ0) is 23.3. The van der Waals surface area contributed by atoms with Crippen LogP contribution < -0.4 is 4.74 Å². The van der Waals surface area contributed by atoms with Crippen molar-refractivity contribution in [3.05, 3.63) is 56.2 Å². The highest BCUT2D eigenvalue weighted by molar-refractivity contribution is 8.05. The Hall–Kier alpha value is -2.89. The molecule has 1 aliphatic heterocycles. The molecule has 0 N–H and O–H groups in total. The molecule has 0 saturated heterocycles. The number of aromatic nitrogens is 1. The summed E-state index contributed by atoms with van der Waals surface area (Å²) in [6.07, 6.45) is 0.102. The number of hydrogen-bond acceptors (Lipinski definition) is 9. The molecule has 13 heteroatoms. The summed E-state index contributed by atoms with van der Waals surface area (Å²) < 4.78 is 36.3. The lowest BCUT2D eigenvalue weighted by molar-refractivity contribution is -0.385. The molecule has 32 heavy (non-hydrogen) atoms. The van der Waals surface area contributed by atoms with Crippen LogP contribution in [-0.4, -0.2) is 29.1 Å². The summed E-state index contributed by atoms with van der Waals surface area (Å²) in [6.45, 7) is 3.42. The van der Waals surface area contributed by atoms with E-state index in [4.69, 9.17) is 37.3 Å². The molecule has 0 amide bonds. The molecule has 0 aliphatic carbocycles. The van der Waals surface area contributed by atoms with Crippen molar-refractivity contribution < 1.29 is 27.4 Å². The normalized spacial score (nSPS) is 15.4. The molecule has 3 aromatic rings. The molecule has 2 aromatic carbocycles. The number of oxime groups is 1. The maximum Gasteiger partial charge on any atom is 0.312 e. The third kappa shape index (κ3) is 4.36. The van der Waals surface area contributed by atoms with Gasteiger partial charge < -0.3 is 14.1 Å². The molecule has 0 bridgehead atoms. The van der Waals surface area contributed by atoms with Gasteiger partial charge in [0.2, 0.25) is 15.6 Å². The first-order chi connectivity index (χ1) is 14.9. The largest absolute Gasteiger partial charge is 0.448 e. The van der Waals surface area contributed by atoms with Gasteiger partial charge in [-0.05, 0) is 32.0 Å². The Bertz CT molecular complexity index is 1380. The van der Waals surface area contributed by atoms with Gasteiger partial charge in [-0.25, -0.2) is 8.42 Å². The fraction of sp³-hybridized carbons (Fsp3) is 0.263. The summed E-state index contributed by atoms with van der Waals surface area (Å²) >= 11 is 11.9. The molecule has 10 nitrogen and oxygen atoms in total. The van der Waals surface area contributed by atoms with Gasteiger partial charge >= 0.3 is 5.69 Å². The van der Waals surface area contributed by atoms with Gasteiger partial charge in [0, 0.05) is 23.6 Å². The molecule has 0 spiro atoms. The fourth-order valence-corrected chi connectivity index (χ4v) is 4.94. The van der Waals surface area contributed by atoms with Gasteiger partial charge in [0.05, 0.1) is 15.3 Å². The van der Waals surface area contributed by atoms with Crippen LogP contribution in [0.4, 0.5) is 5.69 Å². The number of halogens is 2. The van der Waals surface area contributed by atoms with E-state index in [1.807, 2.05) is 0 Å². The summed E-state index contributed by atoms with van der Waals surface area (Å²) in [4.78, 5) is 16.1. The van der Waals surface area contributed by atoms with E-state index in [1.165, 1.54) is 24.3 Å². The predicted molar refractivity (Wildman–Crippen MR) is 117 cm³/mol. The Labute approximate surface area is 191 Å². The zero-order valence-electron chi connectivity index (χ0n) is 16.7. The molecule has 0 radical (unpaired) electrons. The molecule has 1 aromatic heterocycles. The summed E-state index contributed by atoms with van der Waals surface area (Å²) in [7, 11) is -3.88. The lowest BCUT2D eigenvalue weighted by Crippen LogP contribution is -2.23. The number of ether oxygens (including phenoxy) is 1. The highest BCUT2D eigenvalue weighted by Crippen LogP contribution is 2.39. The van der Waals surface area contributed by atoms with E-state index in [0.29, 0.717) is 5.02 Å². The maximum absolute atomic E-state index is 12.7. The minimum Gasteiger partial charge on any atom is -0.448 e. The average Bonchev–Trinajstić information content (AvgIpc) is 3.26. The lowest BCUT2D eigenvalue weighted by atomic mass is 10.1. The topological polar surface area (TPSA) is 134 Å². The van der Waals surface area contributed by atoms with Crippen LogP contribution in [0.5, 0.6) is 11.5 Å². The van der Waals surface area contributed by atoms with Crippen LogP contribution in [0.15, 0.2) is 40.0 Å². The first-order valence-corrected chi connectivity index (χ1v) is 11.5. The van der Waals surface area contributed by atoms with Gasteiger partial charge in [0.1, 0.15) is 22.8 Å². The van der Waals surface area contributed by atoms with Crippen LogP contribution in [0.2, 0.25) is 10.0 Å². The van der Waals surface area contributed by atoms with E-state index in [1.54, 1.807) is 13.8 Å². The molecule has 0 atom stereocenters. The lowest BCUT2D eigenvalue weighted by Gasteiger charge is -2.13. The van der Waals surface area contributed by atoms with Crippen LogP contribution in [0.3, 0.4) is 0 Å². The number of rotatable bonds is 5. The van der Waals surface area contributed by atoms with E-state index in [0.717, 1.165) is 6.07 Å². The first-order valence-electron chi connectivity index (χ1n) is 9.13. The Morgan fingerprint density at radius 2 is 1.97 bits per heavy atom.